The second-order valence-electron chi connectivity index (χ2n) is 5.23. The lowest BCUT2D eigenvalue weighted by atomic mass is 10.1. The number of aromatic nitrogens is 1. The molecule has 0 spiro atoms. The average Bonchev–Trinajstić information content (AvgIpc) is 2.94. The molecule has 0 unspecified atom stereocenters. The second kappa shape index (κ2) is 10.8. The van der Waals surface area contributed by atoms with Gasteiger partial charge in [-0.05, 0) is 12.8 Å². The van der Waals surface area contributed by atoms with E-state index in [0.29, 0.717) is 37.3 Å². The van der Waals surface area contributed by atoms with Gasteiger partial charge in [-0.1, -0.05) is 25.9 Å². The smallest absolute Gasteiger partial charge is 0.191 e. The van der Waals surface area contributed by atoms with Crippen LogP contribution in [0.3, 0.4) is 0 Å². The zero-order chi connectivity index (χ0) is 16.6. The van der Waals surface area contributed by atoms with Crippen molar-refractivity contribution in [3.05, 3.63) is 17.5 Å². The van der Waals surface area contributed by atoms with E-state index in [2.05, 4.69) is 20.8 Å². The van der Waals surface area contributed by atoms with Gasteiger partial charge in [0.25, 0.3) is 0 Å². The first-order chi connectivity index (χ1) is 10.4. The summed E-state index contributed by atoms with van der Waals surface area (Å²) in [6, 6.07) is 1.89. The SMILES string of the molecule is CCNC(=NCc1cc(C(C)C)no1)NCCS(=O)(=O)CC.I. The highest BCUT2D eigenvalue weighted by Gasteiger charge is 2.09. The molecular weight excluding hydrogens is 431 g/mol. The lowest BCUT2D eigenvalue weighted by Crippen LogP contribution is -2.39. The molecule has 0 saturated carbocycles. The maximum atomic E-state index is 11.5. The summed E-state index contributed by atoms with van der Waals surface area (Å²) >= 11 is 0. The fourth-order valence-corrected chi connectivity index (χ4v) is 2.35. The molecule has 23 heavy (non-hydrogen) atoms. The van der Waals surface area contributed by atoms with E-state index in [4.69, 9.17) is 4.52 Å². The summed E-state index contributed by atoms with van der Waals surface area (Å²) in [6.07, 6.45) is 0. The van der Waals surface area contributed by atoms with Crippen LogP contribution in [0.25, 0.3) is 0 Å². The topological polar surface area (TPSA) is 96.6 Å². The first kappa shape index (κ1) is 22.2. The molecular formula is C14H27IN4O3S. The van der Waals surface area contributed by atoms with Gasteiger partial charge >= 0.3 is 0 Å². The molecule has 0 amide bonds. The Kier molecular flexibility index (Phi) is 10.4. The van der Waals surface area contributed by atoms with Crippen LogP contribution in [0.1, 0.15) is 45.1 Å². The molecule has 0 aliphatic carbocycles. The van der Waals surface area contributed by atoms with Crippen LogP contribution in [0, 0.1) is 0 Å². The number of aliphatic imine (C=N–C) groups is 1. The fraction of sp³-hybridized carbons (Fsp3) is 0.714. The van der Waals surface area contributed by atoms with Crippen LogP contribution in [-0.2, 0) is 16.4 Å². The molecule has 9 heteroatoms. The summed E-state index contributed by atoms with van der Waals surface area (Å²) in [7, 11) is -2.98. The van der Waals surface area contributed by atoms with E-state index >= 15 is 0 Å². The van der Waals surface area contributed by atoms with Gasteiger partial charge in [-0.15, -0.1) is 24.0 Å². The van der Waals surface area contributed by atoms with E-state index in [1.165, 1.54) is 0 Å². The minimum absolute atomic E-state index is 0. The highest BCUT2D eigenvalue weighted by molar-refractivity contribution is 14.0. The number of nitrogens with zero attached hydrogens (tertiary/aromatic N) is 2. The summed E-state index contributed by atoms with van der Waals surface area (Å²) in [5, 5.41) is 10.1. The molecule has 1 aromatic heterocycles. The zero-order valence-corrected chi connectivity index (χ0v) is 17.3. The van der Waals surface area contributed by atoms with Crippen molar-refractivity contribution in [1.29, 1.82) is 0 Å². The molecule has 0 fully saturated rings. The Morgan fingerprint density at radius 3 is 2.57 bits per heavy atom. The minimum Gasteiger partial charge on any atom is -0.359 e. The fourth-order valence-electron chi connectivity index (χ4n) is 1.64. The van der Waals surface area contributed by atoms with Crippen molar-refractivity contribution in [3.8, 4) is 0 Å². The molecule has 2 N–H and O–H groups in total. The highest BCUT2D eigenvalue weighted by Crippen LogP contribution is 2.14. The molecule has 1 rings (SSSR count). The third-order valence-electron chi connectivity index (χ3n) is 3.05. The number of hydrogen-bond donors (Lipinski definition) is 2. The standard InChI is InChI=1S/C14H26N4O3S.HI/c1-5-15-14(16-7-8-22(19,20)6-2)17-10-12-9-13(11(3)4)18-21-12;/h9,11H,5-8,10H2,1-4H3,(H2,15,16,17);1H. The van der Waals surface area contributed by atoms with Crippen molar-refractivity contribution >= 4 is 39.8 Å². The number of guanidine groups is 1. The predicted octanol–water partition coefficient (Wildman–Crippen LogP) is 1.91. The Morgan fingerprint density at radius 2 is 2.04 bits per heavy atom. The molecule has 0 radical (unpaired) electrons. The predicted molar refractivity (Wildman–Crippen MR) is 103 cm³/mol. The van der Waals surface area contributed by atoms with Gasteiger partial charge in [0.05, 0.1) is 11.4 Å². The first-order valence-corrected chi connectivity index (χ1v) is 9.38. The van der Waals surface area contributed by atoms with Crippen LogP contribution in [0.4, 0.5) is 0 Å². The minimum atomic E-state index is -2.98. The van der Waals surface area contributed by atoms with E-state index in [9.17, 15) is 8.42 Å². The van der Waals surface area contributed by atoms with Gasteiger partial charge in [0, 0.05) is 24.9 Å². The number of rotatable bonds is 8. The van der Waals surface area contributed by atoms with Crippen molar-refractivity contribution in [2.45, 2.75) is 40.2 Å². The van der Waals surface area contributed by atoms with E-state index in [1.54, 1.807) is 6.92 Å². The van der Waals surface area contributed by atoms with Crippen molar-refractivity contribution < 1.29 is 12.9 Å². The second-order valence-corrected chi connectivity index (χ2v) is 7.70. The van der Waals surface area contributed by atoms with Gasteiger partial charge < -0.3 is 15.2 Å². The Morgan fingerprint density at radius 1 is 1.35 bits per heavy atom. The molecule has 0 aliphatic heterocycles. The van der Waals surface area contributed by atoms with Crippen molar-refractivity contribution in [2.75, 3.05) is 24.6 Å². The van der Waals surface area contributed by atoms with Gasteiger partial charge in [0.15, 0.2) is 21.6 Å². The number of nitrogens with one attached hydrogen (secondary N) is 2. The van der Waals surface area contributed by atoms with Gasteiger partial charge in [0.1, 0.15) is 6.54 Å². The lowest BCUT2D eigenvalue weighted by molar-refractivity contribution is 0.376. The third-order valence-corrected chi connectivity index (χ3v) is 4.76. The lowest BCUT2D eigenvalue weighted by Gasteiger charge is -2.10. The largest absolute Gasteiger partial charge is 0.359 e. The molecule has 0 atom stereocenters. The quantitative estimate of drug-likeness (QED) is 0.351. The molecule has 0 bridgehead atoms. The van der Waals surface area contributed by atoms with E-state index in [0.717, 1.165) is 5.69 Å². The average molecular weight is 458 g/mol. The Bertz CT molecular complexity index is 585. The van der Waals surface area contributed by atoms with Gasteiger partial charge in [-0.2, -0.15) is 0 Å². The third kappa shape index (κ3) is 8.54. The van der Waals surface area contributed by atoms with Crippen LogP contribution < -0.4 is 10.6 Å². The summed E-state index contributed by atoms with van der Waals surface area (Å²) in [6.45, 7) is 9.07. The molecule has 0 aliphatic rings. The monoisotopic (exact) mass is 458 g/mol. The molecule has 134 valence electrons. The van der Waals surface area contributed by atoms with Crippen LogP contribution in [-0.4, -0.2) is 44.1 Å². The molecule has 1 aromatic rings. The van der Waals surface area contributed by atoms with Gasteiger partial charge in [0.2, 0.25) is 0 Å². The molecule has 7 nitrogen and oxygen atoms in total. The first-order valence-electron chi connectivity index (χ1n) is 7.56. The van der Waals surface area contributed by atoms with E-state index in [-0.39, 0.29) is 35.5 Å². The molecule has 1 heterocycles. The Balaban J connectivity index is 0.00000484. The maximum absolute atomic E-state index is 11.5. The van der Waals surface area contributed by atoms with Crippen LogP contribution >= 0.6 is 24.0 Å². The van der Waals surface area contributed by atoms with Gasteiger partial charge in [-0.3, -0.25) is 0 Å². The highest BCUT2D eigenvalue weighted by atomic mass is 127. The molecule has 0 aromatic carbocycles. The summed E-state index contributed by atoms with van der Waals surface area (Å²) in [4.78, 5) is 4.37. The van der Waals surface area contributed by atoms with Crippen LogP contribution in [0.15, 0.2) is 15.6 Å². The summed E-state index contributed by atoms with van der Waals surface area (Å²) < 4.78 is 28.1. The maximum Gasteiger partial charge on any atom is 0.191 e. The van der Waals surface area contributed by atoms with E-state index in [1.807, 2.05) is 26.8 Å². The van der Waals surface area contributed by atoms with Crippen molar-refractivity contribution in [1.82, 2.24) is 15.8 Å². The number of hydrogen-bond acceptors (Lipinski definition) is 5. The van der Waals surface area contributed by atoms with Crippen molar-refractivity contribution in [2.24, 2.45) is 4.99 Å². The zero-order valence-electron chi connectivity index (χ0n) is 14.1. The normalized spacial score (nSPS) is 12.1. The van der Waals surface area contributed by atoms with Gasteiger partial charge in [-0.25, -0.2) is 13.4 Å². The molecule has 0 saturated heterocycles. The number of halogens is 1. The Hall–Kier alpha value is -0.840. The number of sulfone groups is 1. The van der Waals surface area contributed by atoms with Crippen molar-refractivity contribution in [3.63, 3.8) is 0 Å². The van der Waals surface area contributed by atoms with Crippen LogP contribution in [0.5, 0.6) is 0 Å². The Labute approximate surface area is 155 Å². The summed E-state index contributed by atoms with van der Waals surface area (Å²) in [5.74, 6) is 1.80. The van der Waals surface area contributed by atoms with E-state index < -0.39 is 9.84 Å². The summed E-state index contributed by atoms with van der Waals surface area (Å²) in [5.41, 5.74) is 0.900. The van der Waals surface area contributed by atoms with Crippen LogP contribution in [0.2, 0.25) is 0 Å².